The van der Waals surface area contributed by atoms with Crippen LogP contribution in [-0.4, -0.2) is 52.0 Å². The molecule has 3 heterocycles. The lowest BCUT2D eigenvalue weighted by Crippen LogP contribution is -2.60. The maximum atomic E-state index is 14.2. The van der Waals surface area contributed by atoms with Crippen LogP contribution in [0.3, 0.4) is 0 Å². The standard InChI is InChI=1S/C31H30F2N4O6/c1-18-11-12-43-35-19(2)28(39)31(3)17-36(18)30(41)25-27(42-16-20-7-5-4-6-8-20)26(38)23(15-37(25)31)29(40)34-14-21-9-10-22(32)13-24(21)33/h4-10,13,15,18H,11-12,14,16-17H2,1-3H3,(H,34,40)/b35-19-/t18-,31?/m0/s1. The number of nitrogens with zero attached hydrogens (tertiary/aromatic N) is 3. The quantitative estimate of drug-likeness (QED) is 0.468. The number of aromatic nitrogens is 1. The molecule has 2 bridgehead atoms. The van der Waals surface area contributed by atoms with Gasteiger partial charge in [0.05, 0.1) is 6.54 Å². The Kier molecular flexibility index (Phi) is 8.12. The highest BCUT2D eigenvalue weighted by molar-refractivity contribution is 6.41. The minimum atomic E-state index is -1.50. The molecule has 0 spiro atoms. The Balaban J connectivity index is 1.65. The Morgan fingerprint density at radius 2 is 1.91 bits per heavy atom. The zero-order valence-corrected chi connectivity index (χ0v) is 23.9. The van der Waals surface area contributed by atoms with E-state index in [1.54, 1.807) is 38.1 Å². The largest absolute Gasteiger partial charge is 0.483 e. The Hall–Kier alpha value is -4.87. The molecule has 2 atom stereocenters. The van der Waals surface area contributed by atoms with Gasteiger partial charge in [-0.05, 0) is 32.4 Å². The summed E-state index contributed by atoms with van der Waals surface area (Å²) in [5.74, 6) is -3.98. The summed E-state index contributed by atoms with van der Waals surface area (Å²) >= 11 is 0. The van der Waals surface area contributed by atoms with Crippen molar-refractivity contribution < 1.29 is 32.7 Å². The van der Waals surface area contributed by atoms with Gasteiger partial charge in [-0.3, -0.25) is 19.2 Å². The molecule has 2 aliphatic heterocycles. The summed E-state index contributed by atoms with van der Waals surface area (Å²) in [6.45, 7) is 4.54. The maximum absolute atomic E-state index is 14.2. The average Bonchev–Trinajstić information content (AvgIpc) is 2.99. The van der Waals surface area contributed by atoms with Gasteiger partial charge in [0, 0.05) is 36.8 Å². The Morgan fingerprint density at radius 3 is 2.63 bits per heavy atom. The summed E-state index contributed by atoms with van der Waals surface area (Å²) in [7, 11) is 0. The van der Waals surface area contributed by atoms with Crippen molar-refractivity contribution >= 4 is 23.3 Å². The minimum Gasteiger partial charge on any atom is -0.483 e. The molecule has 2 aromatic carbocycles. The van der Waals surface area contributed by atoms with Crippen LogP contribution in [0.25, 0.3) is 0 Å². The third kappa shape index (κ3) is 5.64. The third-order valence-electron chi connectivity index (χ3n) is 7.74. The van der Waals surface area contributed by atoms with Crippen LogP contribution < -0.4 is 15.5 Å². The van der Waals surface area contributed by atoms with Crippen molar-refractivity contribution in [1.82, 2.24) is 14.8 Å². The van der Waals surface area contributed by atoms with Gasteiger partial charge in [0.1, 0.15) is 41.7 Å². The molecule has 3 aromatic rings. The number of fused-ring (bicyclic) bond motifs is 4. The van der Waals surface area contributed by atoms with Gasteiger partial charge in [0.15, 0.2) is 11.4 Å². The smallest absolute Gasteiger partial charge is 0.274 e. The number of ketones is 1. The number of ether oxygens (including phenoxy) is 1. The average molecular weight is 593 g/mol. The number of carbonyl (C=O) groups is 3. The highest BCUT2D eigenvalue weighted by Crippen LogP contribution is 2.34. The fraction of sp³-hybridized carbons (Fsp3) is 0.323. The minimum absolute atomic E-state index is 0.00511. The van der Waals surface area contributed by atoms with Gasteiger partial charge in [0.2, 0.25) is 11.2 Å². The predicted octanol–water partition coefficient (Wildman–Crippen LogP) is 3.56. The molecule has 12 heteroatoms. The van der Waals surface area contributed by atoms with E-state index in [0.29, 0.717) is 18.1 Å². The summed E-state index contributed by atoms with van der Waals surface area (Å²) < 4.78 is 34.9. The number of rotatable bonds is 6. The second kappa shape index (κ2) is 11.8. The van der Waals surface area contributed by atoms with Crippen molar-refractivity contribution in [2.45, 2.75) is 51.9 Å². The predicted molar refractivity (Wildman–Crippen MR) is 152 cm³/mol. The van der Waals surface area contributed by atoms with Crippen LogP contribution in [0.15, 0.2) is 64.7 Å². The normalized spacial score (nSPS) is 21.3. The van der Waals surface area contributed by atoms with E-state index in [1.807, 2.05) is 6.07 Å². The molecule has 0 fully saturated rings. The number of carbonyl (C=O) groups excluding carboxylic acids is 3. The molecule has 10 nitrogen and oxygen atoms in total. The molecular weight excluding hydrogens is 562 g/mol. The molecule has 1 unspecified atom stereocenters. The molecule has 0 saturated heterocycles. The lowest BCUT2D eigenvalue weighted by molar-refractivity contribution is -0.122. The number of Topliss-reactive ketones (excluding diaryl/α,β-unsaturated/α-hetero) is 1. The van der Waals surface area contributed by atoms with E-state index in [4.69, 9.17) is 9.57 Å². The van der Waals surface area contributed by atoms with Crippen LogP contribution in [0.4, 0.5) is 8.78 Å². The molecule has 1 aromatic heterocycles. The first-order valence-electron chi connectivity index (χ1n) is 13.7. The number of benzene rings is 2. The van der Waals surface area contributed by atoms with Crippen molar-refractivity contribution in [3.63, 3.8) is 0 Å². The van der Waals surface area contributed by atoms with E-state index in [0.717, 1.165) is 12.3 Å². The highest BCUT2D eigenvalue weighted by Gasteiger charge is 2.49. The Morgan fingerprint density at radius 1 is 1.16 bits per heavy atom. The van der Waals surface area contributed by atoms with Gasteiger partial charge < -0.3 is 24.4 Å². The van der Waals surface area contributed by atoms with Gasteiger partial charge in [-0.15, -0.1) is 0 Å². The summed E-state index contributed by atoms with van der Waals surface area (Å²) in [5.41, 5.74) is -2.25. The summed E-state index contributed by atoms with van der Waals surface area (Å²) in [6.07, 6.45) is 1.57. The lowest BCUT2D eigenvalue weighted by Gasteiger charge is -2.45. The van der Waals surface area contributed by atoms with E-state index in [2.05, 4.69) is 10.5 Å². The first-order valence-corrected chi connectivity index (χ1v) is 13.7. The number of hydrogen-bond acceptors (Lipinski definition) is 7. The van der Waals surface area contributed by atoms with Crippen molar-refractivity contribution in [2.75, 3.05) is 13.2 Å². The van der Waals surface area contributed by atoms with E-state index in [9.17, 15) is 28.0 Å². The van der Waals surface area contributed by atoms with Crippen molar-refractivity contribution in [3.8, 4) is 5.75 Å². The fourth-order valence-electron chi connectivity index (χ4n) is 5.25. The number of pyridine rings is 1. The van der Waals surface area contributed by atoms with Crippen LogP contribution in [0.1, 0.15) is 59.2 Å². The molecule has 5 rings (SSSR count). The maximum Gasteiger partial charge on any atom is 0.274 e. The molecule has 0 saturated carbocycles. The van der Waals surface area contributed by atoms with Crippen LogP contribution in [0.5, 0.6) is 5.75 Å². The van der Waals surface area contributed by atoms with Crippen LogP contribution in [0.2, 0.25) is 0 Å². The second-order valence-electron chi connectivity index (χ2n) is 10.8. The van der Waals surface area contributed by atoms with E-state index >= 15 is 0 Å². The van der Waals surface area contributed by atoms with Crippen molar-refractivity contribution in [1.29, 1.82) is 0 Å². The highest BCUT2D eigenvalue weighted by atomic mass is 19.1. The van der Waals surface area contributed by atoms with Gasteiger partial charge in [0.25, 0.3) is 11.8 Å². The zero-order valence-electron chi connectivity index (χ0n) is 23.9. The summed E-state index contributed by atoms with van der Waals surface area (Å²) in [6, 6.07) is 11.4. The molecule has 2 amide bonds. The third-order valence-corrected chi connectivity index (χ3v) is 7.74. The van der Waals surface area contributed by atoms with Crippen LogP contribution >= 0.6 is 0 Å². The summed E-state index contributed by atoms with van der Waals surface area (Å²) in [4.78, 5) is 61.9. The number of nitrogens with one attached hydrogen (secondary N) is 1. The van der Waals surface area contributed by atoms with Gasteiger partial charge in [-0.1, -0.05) is 41.6 Å². The van der Waals surface area contributed by atoms with Gasteiger partial charge in [-0.2, -0.15) is 0 Å². The molecule has 0 radical (unpaired) electrons. The van der Waals surface area contributed by atoms with E-state index < -0.39 is 51.5 Å². The van der Waals surface area contributed by atoms with Crippen molar-refractivity contribution in [3.05, 3.63) is 99.0 Å². The number of hydrogen-bond donors (Lipinski definition) is 1. The van der Waals surface area contributed by atoms with Crippen molar-refractivity contribution in [2.24, 2.45) is 5.16 Å². The van der Waals surface area contributed by atoms with Crippen LogP contribution in [0, 0.1) is 11.6 Å². The Labute approximate surface area is 245 Å². The molecule has 1 N–H and O–H groups in total. The Bertz CT molecular complexity index is 1690. The van der Waals surface area contributed by atoms with E-state index in [1.165, 1.54) is 22.5 Å². The number of halogens is 2. The lowest BCUT2D eigenvalue weighted by atomic mass is 9.87. The molecule has 2 aliphatic rings. The van der Waals surface area contributed by atoms with Gasteiger partial charge in [-0.25, -0.2) is 8.78 Å². The molecule has 0 aliphatic carbocycles. The first kappa shape index (κ1) is 29.6. The van der Waals surface area contributed by atoms with E-state index in [-0.39, 0.29) is 49.3 Å². The second-order valence-corrected chi connectivity index (χ2v) is 10.8. The number of oxime groups is 1. The molecular formula is C31H30F2N4O6. The molecule has 224 valence electrons. The SMILES string of the molecule is C/C1=N/OCC[C@H](C)N2CC(C)(C1=O)n1cc(C(=O)NCc3ccc(F)cc3F)c(=O)c(OCc3ccccc3)c1C2=O. The summed E-state index contributed by atoms with van der Waals surface area (Å²) in [5, 5.41) is 6.43. The topological polar surface area (TPSA) is 119 Å². The van der Waals surface area contributed by atoms with Gasteiger partial charge >= 0.3 is 0 Å². The molecule has 43 heavy (non-hydrogen) atoms. The van der Waals surface area contributed by atoms with Crippen LogP contribution in [-0.2, 0) is 28.3 Å². The first-order chi connectivity index (χ1) is 20.5. The number of amides is 2. The zero-order chi connectivity index (χ0) is 30.9. The fourth-order valence-corrected chi connectivity index (χ4v) is 5.25. The monoisotopic (exact) mass is 592 g/mol.